The van der Waals surface area contributed by atoms with Crippen LogP contribution >= 0.6 is 0 Å². The van der Waals surface area contributed by atoms with Gasteiger partial charge < -0.3 is 5.11 Å². The second kappa shape index (κ2) is 8.60. The number of hydrogen-bond acceptors (Lipinski definition) is 5. The number of phenols is 1. The number of hydrogen-bond donors (Lipinski definition) is 1. The topological polar surface area (TPSA) is 69.9 Å². The van der Waals surface area contributed by atoms with Gasteiger partial charge in [-0.15, -0.1) is 0 Å². The molecule has 2 aromatic carbocycles. The van der Waals surface area contributed by atoms with Crippen molar-refractivity contribution in [2.45, 2.75) is 6.54 Å². The highest BCUT2D eigenvalue weighted by atomic mass is 16.6. The molecule has 0 saturated carbocycles. The van der Waals surface area contributed by atoms with Gasteiger partial charge >= 0.3 is 5.69 Å². The molecule has 1 aliphatic heterocycles. The Kier molecular flexibility index (Phi) is 5.99. The van der Waals surface area contributed by atoms with Gasteiger partial charge in [0.05, 0.1) is 4.92 Å². The molecule has 0 radical (unpaired) electrons. The second-order valence-electron chi connectivity index (χ2n) is 6.47. The maximum atomic E-state index is 10.9. The summed E-state index contributed by atoms with van der Waals surface area (Å²) in [5.41, 5.74) is 1.83. The molecule has 1 saturated heterocycles. The zero-order chi connectivity index (χ0) is 18.4. The summed E-state index contributed by atoms with van der Waals surface area (Å²) in [4.78, 5) is 15.1. The molecule has 0 aromatic heterocycles. The number of piperazine rings is 1. The van der Waals surface area contributed by atoms with E-state index in [1.54, 1.807) is 6.07 Å². The number of benzene rings is 2. The molecule has 26 heavy (non-hydrogen) atoms. The Morgan fingerprint density at radius 1 is 1.04 bits per heavy atom. The summed E-state index contributed by atoms with van der Waals surface area (Å²) in [6.07, 6.45) is 4.33. The highest BCUT2D eigenvalue weighted by Crippen LogP contribution is 2.26. The van der Waals surface area contributed by atoms with Crippen LogP contribution in [0.15, 0.2) is 54.6 Å². The van der Waals surface area contributed by atoms with Gasteiger partial charge in [0.25, 0.3) is 0 Å². The number of nitro benzene ring substituents is 1. The molecule has 3 rings (SSSR count). The van der Waals surface area contributed by atoms with E-state index in [0.29, 0.717) is 6.54 Å². The van der Waals surface area contributed by atoms with Crippen LogP contribution in [0.25, 0.3) is 6.08 Å². The molecule has 2 aromatic rings. The lowest BCUT2D eigenvalue weighted by Crippen LogP contribution is -2.45. The van der Waals surface area contributed by atoms with Crippen molar-refractivity contribution in [1.29, 1.82) is 0 Å². The first-order valence-electron chi connectivity index (χ1n) is 8.74. The third kappa shape index (κ3) is 4.91. The summed E-state index contributed by atoms with van der Waals surface area (Å²) in [7, 11) is 0. The SMILES string of the molecule is O=[N+]([O-])c1cc(CN2CCN(C/C=C/c3ccccc3)CC2)ccc1O. The Hall–Kier alpha value is -2.70. The molecule has 1 heterocycles. The van der Waals surface area contributed by atoms with Gasteiger partial charge in [0.15, 0.2) is 5.75 Å². The third-order valence-electron chi connectivity index (χ3n) is 4.58. The second-order valence-corrected chi connectivity index (χ2v) is 6.47. The van der Waals surface area contributed by atoms with Crippen LogP contribution in [0.3, 0.4) is 0 Å². The number of rotatable bonds is 6. The van der Waals surface area contributed by atoms with E-state index in [4.69, 9.17) is 0 Å². The van der Waals surface area contributed by atoms with Crippen molar-refractivity contribution in [2.75, 3.05) is 32.7 Å². The smallest absolute Gasteiger partial charge is 0.311 e. The fourth-order valence-electron chi connectivity index (χ4n) is 3.10. The highest BCUT2D eigenvalue weighted by Gasteiger charge is 2.18. The summed E-state index contributed by atoms with van der Waals surface area (Å²) >= 11 is 0. The minimum absolute atomic E-state index is 0.229. The predicted molar refractivity (Wildman–Crippen MR) is 102 cm³/mol. The summed E-state index contributed by atoms with van der Waals surface area (Å²) in [5, 5.41) is 20.5. The number of aromatic hydroxyl groups is 1. The van der Waals surface area contributed by atoms with Gasteiger partial charge in [-0.1, -0.05) is 48.6 Å². The van der Waals surface area contributed by atoms with Crippen LogP contribution < -0.4 is 0 Å². The van der Waals surface area contributed by atoms with Crippen molar-refractivity contribution in [2.24, 2.45) is 0 Å². The first kappa shape index (κ1) is 18.1. The molecule has 1 fully saturated rings. The van der Waals surface area contributed by atoms with Crippen molar-refractivity contribution >= 4 is 11.8 Å². The number of nitro groups is 1. The largest absolute Gasteiger partial charge is 0.502 e. The summed E-state index contributed by atoms with van der Waals surface area (Å²) in [6, 6.07) is 14.9. The number of phenolic OH excluding ortho intramolecular Hbond substituents is 1. The average molecular weight is 353 g/mol. The van der Waals surface area contributed by atoms with Gasteiger partial charge in [0, 0.05) is 45.3 Å². The normalized spacial score (nSPS) is 16.2. The average Bonchev–Trinajstić information content (AvgIpc) is 2.65. The monoisotopic (exact) mass is 353 g/mol. The Morgan fingerprint density at radius 2 is 1.73 bits per heavy atom. The Labute approximate surface area is 153 Å². The lowest BCUT2D eigenvalue weighted by molar-refractivity contribution is -0.385. The quantitative estimate of drug-likeness (QED) is 0.638. The van der Waals surface area contributed by atoms with Gasteiger partial charge in [0.1, 0.15) is 0 Å². The molecular formula is C20H23N3O3. The molecule has 136 valence electrons. The van der Waals surface area contributed by atoms with Gasteiger partial charge in [-0.05, 0) is 17.2 Å². The molecule has 1 aliphatic rings. The van der Waals surface area contributed by atoms with E-state index in [1.165, 1.54) is 17.7 Å². The van der Waals surface area contributed by atoms with Gasteiger partial charge in [-0.2, -0.15) is 0 Å². The minimum Gasteiger partial charge on any atom is -0.502 e. The fourth-order valence-corrected chi connectivity index (χ4v) is 3.10. The number of nitrogens with zero attached hydrogens (tertiary/aromatic N) is 3. The van der Waals surface area contributed by atoms with Crippen LogP contribution in [0.1, 0.15) is 11.1 Å². The fraction of sp³-hybridized carbons (Fsp3) is 0.300. The van der Waals surface area contributed by atoms with Crippen LogP contribution in [-0.2, 0) is 6.54 Å². The van der Waals surface area contributed by atoms with Crippen molar-refractivity contribution in [1.82, 2.24) is 9.80 Å². The van der Waals surface area contributed by atoms with Crippen LogP contribution in [0, 0.1) is 10.1 Å². The van der Waals surface area contributed by atoms with Gasteiger partial charge in [-0.3, -0.25) is 19.9 Å². The van der Waals surface area contributed by atoms with E-state index in [-0.39, 0.29) is 11.4 Å². The summed E-state index contributed by atoms with van der Waals surface area (Å²) in [6.45, 7) is 5.38. The molecule has 0 bridgehead atoms. The highest BCUT2D eigenvalue weighted by molar-refractivity contribution is 5.49. The van der Waals surface area contributed by atoms with Crippen LogP contribution in [0.5, 0.6) is 5.75 Å². The standard InChI is InChI=1S/C20H23N3O3/c24-20-9-8-18(15-19(20)23(25)26)16-22-13-11-21(12-14-22)10-4-7-17-5-2-1-3-6-17/h1-9,15,24H,10-14,16H2/b7-4+. The molecule has 0 spiro atoms. The molecule has 0 aliphatic carbocycles. The maximum absolute atomic E-state index is 10.9. The van der Waals surface area contributed by atoms with Gasteiger partial charge in [-0.25, -0.2) is 0 Å². The predicted octanol–water partition coefficient (Wildman–Crippen LogP) is 3.13. The molecule has 0 atom stereocenters. The van der Waals surface area contributed by atoms with Crippen molar-refractivity contribution in [3.63, 3.8) is 0 Å². The lowest BCUT2D eigenvalue weighted by atomic mass is 10.1. The molecular weight excluding hydrogens is 330 g/mol. The van der Waals surface area contributed by atoms with E-state index in [9.17, 15) is 15.2 Å². The first-order valence-corrected chi connectivity index (χ1v) is 8.74. The van der Waals surface area contributed by atoms with E-state index in [1.807, 2.05) is 18.2 Å². The van der Waals surface area contributed by atoms with Crippen LogP contribution in [0.4, 0.5) is 5.69 Å². The summed E-state index contributed by atoms with van der Waals surface area (Å²) in [5.74, 6) is -0.284. The Morgan fingerprint density at radius 3 is 2.42 bits per heavy atom. The summed E-state index contributed by atoms with van der Waals surface area (Å²) < 4.78 is 0. The van der Waals surface area contributed by atoms with Crippen LogP contribution in [-0.4, -0.2) is 52.6 Å². The maximum Gasteiger partial charge on any atom is 0.311 e. The van der Waals surface area contributed by atoms with E-state index >= 15 is 0 Å². The first-order chi connectivity index (χ1) is 12.6. The van der Waals surface area contributed by atoms with Crippen molar-refractivity contribution < 1.29 is 10.0 Å². The van der Waals surface area contributed by atoms with Crippen molar-refractivity contribution in [3.8, 4) is 5.75 Å². The van der Waals surface area contributed by atoms with Crippen molar-refractivity contribution in [3.05, 3.63) is 75.8 Å². The minimum atomic E-state index is -0.546. The zero-order valence-corrected chi connectivity index (χ0v) is 14.6. The van der Waals surface area contributed by atoms with E-state index in [0.717, 1.165) is 38.3 Å². The molecule has 6 nitrogen and oxygen atoms in total. The Bertz CT molecular complexity index is 769. The molecule has 1 N–H and O–H groups in total. The zero-order valence-electron chi connectivity index (χ0n) is 14.6. The lowest BCUT2D eigenvalue weighted by Gasteiger charge is -2.34. The Balaban J connectivity index is 1.47. The third-order valence-corrected chi connectivity index (χ3v) is 4.58. The van der Waals surface area contributed by atoms with Gasteiger partial charge in [0.2, 0.25) is 0 Å². The van der Waals surface area contributed by atoms with Crippen LogP contribution in [0.2, 0.25) is 0 Å². The molecule has 0 unspecified atom stereocenters. The molecule has 0 amide bonds. The molecule has 6 heteroatoms. The van der Waals surface area contributed by atoms with E-state index < -0.39 is 4.92 Å². The van der Waals surface area contributed by atoms with E-state index in [2.05, 4.69) is 34.1 Å².